The topological polar surface area (TPSA) is 26.0 Å². The lowest BCUT2D eigenvalue weighted by atomic mass is 10.1. The van der Waals surface area contributed by atoms with Crippen molar-refractivity contribution >= 4 is 8.07 Å². The molecular formula is C8H16NP. The molecule has 0 fully saturated rings. The third-order valence-corrected chi connectivity index (χ3v) is 2.89. The zero-order chi connectivity index (χ0) is 8.15. The maximum atomic E-state index is 5.70. The number of allylic oxidation sites excluding steroid dienone is 2. The Labute approximate surface area is 64.8 Å². The minimum Gasteiger partial charge on any atom is -0.307 e. The van der Waals surface area contributed by atoms with Crippen LogP contribution in [0.25, 0.3) is 0 Å². The van der Waals surface area contributed by atoms with Gasteiger partial charge in [-0.15, -0.1) is 6.58 Å². The third kappa shape index (κ3) is 3.14. The van der Waals surface area contributed by atoms with Gasteiger partial charge in [0.25, 0.3) is 0 Å². The average Bonchev–Trinajstić information content (AvgIpc) is 1.87. The van der Waals surface area contributed by atoms with E-state index in [0.717, 1.165) is 6.42 Å². The van der Waals surface area contributed by atoms with Gasteiger partial charge in [0.1, 0.15) is 0 Å². The van der Waals surface area contributed by atoms with E-state index < -0.39 is 8.07 Å². The highest BCUT2D eigenvalue weighted by Crippen LogP contribution is 2.37. The quantitative estimate of drug-likeness (QED) is 0.492. The Bertz CT molecular complexity index is 129. The van der Waals surface area contributed by atoms with Gasteiger partial charge in [-0.1, -0.05) is 19.6 Å². The average molecular weight is 157 g/mol. The van der Waals surface area contributed by atoms with Crippen molar-refractivity contribution in [3.8, 4) is 0 Å². The van der Waals surface area contributed by atoms with Crippen molar-refractivity contribution < 1.29 is 0 Å². The van der Waals surface area contributed by atoms with E-state index in [0.29, 0.717) is 5.92 Å². The summed E-state index contributed by atoms with van der Waals surface area (Å²) in [5, 5.41) is 1.18. The van der Waals surface area contributed by atoms with Crippen molar-refractivity contribution in [1.82, 2.24) is 0 Å². The third-order valence-electron chi connectivity index (χ3n) is 1.54. The summed E-state index contributed by atoms with van der Waals surface area (Å²) in [6.07, 6.45) is 2.90. The minimum absolute atomic E-state index is 0.455. The molecule has 0 aliphatic carbocycles. The van der Waals surface area contributed by atoms with Crippen LogP contribution in [0, 0.1) is 5.92 Å². The summed E-state index contributed by atoms with van der Waals surface area (Å²) in [7, 11) is -0.455. The number of hydrogen-bond donors (Lipinski definition) is 1. The van der Waals surface area contributed by atoms with E-state index in [1.807, 2.05) is 12.7 Å². The van der Waals surface area contributed by atoms with Crippen molar-refractivity contribution in [2.45, 2.75) is 13.3 Å². The Hall–Kier alpha value is -0.130. The first-order valence-corrected chi connectivity index (χ1v) is 5.23. The van der Waals surface area contributed by atoms with Crippen molar-refractivity contribution in [3.05, 3.63) is 24.5 Å². The molecule has 0 aromatic carbocycles. The molecule has 0 amide bonds. The Morgan fingerprint density at radius 3 is 2.60 bits per heavy atom. The summed E-state index contributed by atoms with van der Waals surface area (Å²) in [5.74, 6) is 0.499. The van der Waals surface area contributed by atoms with E-state index in [1.165, 1.54) is 5.31 Å². The number of rotatable bonds is 4. The second-order valence-corrected chi connectivity index (χ2v) is 4.32. The van der Waals surface area contributed by atoms with E-state index in [2.05, 4.69) is 20.1 Å². The molecule has 0 aliphatic heterocycles. The molecule has 2 atom stereocenters. The van der Waals surface area contributed by atoms with Gasteiger partial charge in [0.15, 0.2) is 0 Å². The Kier molecular flexibility index (Phi) is 4.59. The zero-order valence-corrected chi connectivity index (χ0v) is 7.70. The summed E-state index contributed by atoms with van der Waals surface area (Å²) in [6, 6.07) is 0. The van der Waals surface area contributed by atoms with Crippen LogP contribution in [0.4, 0.5) is 0 Å². The van der Waals surface area contributed by atoms with Crippen LogP contribution in [0.2, 0.25) is 0 Å². The summed E-state index contributed by atoms with van der Waals surface area (Å²) >= 11 is 0. The molecule has 0 heterocycles. The monoisotopic (exact) mass is 157 g/mol. The molecule has 1 nitrogen and oxygen atoms in total. The van der Waals surface area contributed by atoms with Gasteiger partial charge in [-0.2, -0.15) is 0 Å². The van der Waals surface area contributed by atoms with Gasteiger partial charge in [0.2, 0.25) is 0 Å². The number of hydrogen-bond acceptors (Lipinski definition) is 1. The van der Waals surface area contributed by atoms with E-state index in [4.69, 9.17) is 5.50 Å². The van der Waals surface area contributed by atoms with E-state index in [1.54, 1.807) is 0 Å². The molecule has 0 rings (SSSR count). The van der Waals surface area contributed by atoms with Crippen LogP contribution in [0.3, 0.4) is 0 Å². The van der Waals surface area contributed by atoms with Gasteiger partial charge >= 0.3 is 0 Å². The van der Waals surface area contributed by atoms with Crippen molar-refractivity contribution in [1.29, 1.82) is 0 Å². The van der Waals surface area contributed by atoms with Gasteiger partial charge < -0.3 is 5.50 Å². The Balaban J connectivity index is 3.81. The first kappa shape index (κ1) is 9.87. The summed E-state index contributed by atoms with van der Waals surface area (Å²) < 4.78 is 0. The van der Waals surface area contributed by atoms with Gasteiger partial charge in [-0.25, -0.2) is 0 Å². The maximum absolute atomic E-state index is 5.70. The van der Waals surface area contributed by atoms with Gasteiger partial charge in [-0.3, -0.25) is 0 Å². The van der Waals surface area contributed by atoms with Crippen molar-refractivity contribution in [2.24, 2.45) is 11.4 Å². The predicted molar refractivity (Wildman–Crippen MR) is 50.1 cm³/mol. The predicted octanol–water partition coefficient (Wildman–Crippen LogP) is 2.70. The fraction of sp³-hybridized carbons (Fsp3) is 0.500. The molecule has 2 heteroatoms. The molecule has 0 aliphatic rings. The first-order chi connectivity index (χ1) is 4.59. The minimum atomic E-state index is -0.455. The highest BCUT2D eigenvalue weighted by Gasteiger charge is 2.07. The van der Waals surface area contributed by atoms with Crippen LogP contribution >= 0.6 is 8.07 Å². The van der Waals surface area contributed by atoms with Crippen LogP contribution < -0.4 is 5.50 Å². The van der Waals surface area contributed by atoms with Crippen molar-refractivity contribution in [3.63, 3.8) is 0 Å². The molecule has 10 heavy (non-hydrogen) atoms. The smallest absolute Gasteiger partial charge is 0.0145 e. The lowest BCUT2D eigenvalue weighted by molar-refractivity contribution is 0.732. The van der Waals surface area contributed by atoms with Crippen LogP contribution in [0.1, 0.15) is 13.3 Å². The van der Waals surface area contributed by atoms with Gasteiger partial charge in [0.05, 0.1) is 0 Å². The van der Waals surface area contributed by atoms with Gasteiger partial charge in [0, 0.05) is 0 Å². The van der Waals surface area contributed by atoms with E-state index in [-0.39, 0.29) is 0 Å². The first-order valence-electron chi connectivity index (χ1n) is 3.37. The molecule has 0 saturated carbocycles. The molecule has 0 aromatic heterocycles. The fourth-order valence-electron chi connectivity index (χ4n) is 0.734. The fourth-order valence-corrected chi connectivity index (χ4v) is 1.53. The maximum Gasteiger partial charge on any atom is -0.0145 e. The van der Waals surface area contributed by atoms with E-state index in [9.17, 15) is 0 Å². The molecular weight excluding hydrogens is 141 g/mol. The van der Waals surface area contributed by atoms with E-state index >= 15 is 0 Å². The highest BCUT2D eigenvalue weighted by molar-refractivity contribution is 7.58. The molecule has 2 N–H and O–H groups in total. The zero-order valence-electron chi connectivity index (χ0n) is 6.80. The summed E-state index contributed by atoms with van der Waals surface area (Å²) in [4.78, 5) is 0. The normalized spacial score (nSPS) is 15.9. The Morgan fingerprint density at radius 2 is 2.30 bits per heavy atom. The lowest BCUT2D eigenvalue weighted by Crippen LogP contribution is -1.99. The van der Waals surface area contributed by atoms with Crippen LogP contribution in [0.5, 0.6) is 0 Å². The molecule has 0 saturated heterocycles. The molecule has 0 spiro atoms. The standard InChI is InChI=1S/C8H16NP/c1-5-6-7(2)8(3)10(4)9/h5,7H,1,3,6,9H2,2,4H3. The van der Waals surface area contributed by atoms with Crippen molar-refractivity contribution in [2.75, 3.05) is 6.66 Å². The highest BCUT2D eigenvalue weighted by atomic mass is 31.1. The molecule has 0 radical (unpaired) electrons. The van der Waals surface area contributed by atoms with Crippen LogP contribution in [-0.4, -0.2) is 6.66 Å². The molecule has 58 valence electrons. The molecule has 2 unspecified atom stereocenters. The lowest BCUT2D eigenvalue weighted by Gasteiger charge is -2.15. The number of nitrogens with two attached hydrogens (primary N) is 1. The molecule has 0 aromatic rings. The second kappa shape index (κ2) is 4.65. The SMILES string of the molecule is C=CCC(C)C(=C)P(C)N. The molecule has 0 bridgehead atoms. The van der Waals surface area contributed by atoms with Crippen LogP contribution in [0.15, 0.2) is 24.5 Å². The largest absolute Gasteiger partial charge is 0.307 e. The van der Waals surface area contributed by atoms with Gasteiger partial charge in [-0.05, 0) is 32.4 Å². The second-order valence-electron chi connectivity index (χ2n) is 2.53. The summed E-state index contributed by atoms with van der Waals surface area (Å²) in [6.45, 7) is 11.8. The summed E-state index contributed by atoms with van der Waals surface area (Å²) in [5.41, 5.74) is 5.70. The van der Waals surface area contributed by atoms with Crippen LogP contribution in [-0.2, 0) is 0 Å². The Morgan fingerprint density at radius 1 is 1.80 bits per heavy atom.